The molecular formula is C11H21N3. The maximum atomic E-state index is 4.42. The van der Waals surface area contributed by atoms with Crippen LogP contribution in [0.2, 0.25) is 0 Å². The van der Waals surface area contributed by atoms with Crippen LogP contribution >= 0.6 is 0 Å². The van der Waals surface area contributed by atoms with Crippen LogP contribution in [0, 0.1) is 5.41 Å². The van der Waals surface area contributed by atoms with Gasteiger partial charge in [0.25, 0.3) is 0 Å². The van der Waals surface area contributed by atoms with E-state index in [1.54, 1.807) is 0 Å². The van der Waals surface area contributed by atoms with E-state index >= 15 is 0 Å². The van der Waals surface area contributed by atoms with Crippen LogP contribution in [-0.2, 0) is 6.54 Å². The fraction of sp³-hybridized carbons (Fsp3) is 0.818. The first-order chi connectivity index (χ1) is 6.38. The first-order valence-electron chi connectivity index (χ1n) is 5.28. The zero-order valence-corrected chi connectivity index (χ0v) is 9.91. The summed E-state index contributed by atoms with van der Waals surface area (Å²) in [6.07, 6.45) is 2.97. The van der Waals surface area contributed by atoms with Gasteiger partial charge >= 0.3 is 0 Å². The summed E-state index contributed by atoms with van der Waals surface area (Å²) in [5.41, 5.74) is 0.365. The molecule has 0 amide bonds. The van der Waals surface area contributed by atoms with E-state index in [1.165, 1.54) is 0 Å². The second-order valence-electron chi connectivity index (χ2n) is 5.33. The Morgan fingerprint density at radius 2 is 2.00 bits per heavy atom. The Hall–Kier alpha value is -0.860. The Bertz CT molecular complexity index is 281. The van der Waals surface area contributed by atoms with Crippen molar-refractivity contribution in [1.82, 2.24) is 14.8 Å². The summed E-state index contributed by atoms with van der Waals surface area (Å²) in [5, 5.41) is 4.42. The summed E-state index contributed by atoms with van der Waals surface area (Å²) in [4.78, 5) is 4.27. The van der Waals surface area contributed by atoms with Crippen molar-refractivity contribution in [1.29, 1.82) is 0 Å². The maximum Gasteiger partial charge on any atom is 0.153 e. The highest BCUT2D eigenvalue weighted by atomic mass is 15.3. The third kappa shape index (κ3) is 3.48. The molecule has 0 aliphatic carbocycles. The monoisotopic (exact) mass is 195 g/mol. The van der Waals surface area contributed by atoms with E-state index in [9.17, 15) is 0 Å². The summed E-state index contributed by atoms with van der Waals surface area (Å²) < 4.78 is 1.95. The third-order valence-electron chi connectivity index (χ3n) is 2.16. The lowest BCUT2D eigenvalue weighted by Crippen LogP contribution is -2.11. The largest absolute Gasteiger partial charge is 0.253 e. The Balaban J connectivity index is 2.52. The van der Waals surface area contributed by atoms with Crippen molar-refractivity contribution in [3.63, 3.8) is 0 Å². The Labute approximate surface area is 86.5 Å². The molecule has 0 aromatic carbocycles. The second-order valence-corrected chi connectivity index (χ2v) is 5.33. The van der Waals surface area contributed by atoms with Crippen LogP contribution in [0.1, 0.15) is 52.8 Å². The van der Waals surface area contributed by atoms with Gasteiger partial charge in [-0.2, -0.15) is 5.10 Å². The van der Waals surface area contributed by atoms with Crippen molar-refractivity contribution in [2.24, 2.45) is 5.41 Å². The summed E-state index contributed by atoms with van der Waals surface area (Å²) in [6.45, 7) is 11.9. The van der Waals surface area contributed by atoms with Gasteiger partial charge in [0, 0.05) is 12.5 Å². The Morgan fingerprint density at radius 3 is 2.43 bits per heavy atom. The number of aromatic nitrogens is 3. The van der Waals surface area contributed by atoms with Crippen LogP contribution in [0.4, 0.5) is 0 Å². The van der Waals surface area contributed by atoms with Gasteiger partial charge in [-0.3, -0.25) is 4.68 Å². The Morgan fingerprint density at radius 1 is 1.36 bits per heavy atom. The molecule has 3 nitrogen and oxygen atoms in total. The van der Waals surface area contributed by atoms with Gasteiger partial charge in [-0.05, 0) is 11.8 Å². The van der Waals surface area contributed by atoms with E-state index < -0.39 is 0 Å². The van der Waals surface area contributed by atoms with Crippen molar-refractivity contribution in [3.8, 4) is 0 Å². The molecule has 0 atom stereocenters. The van der Waals surface area contributed by atoms with Gasteiger partial charge in [-0.25, -0.2) is 4.98 Å². The predicted octanol–water partition coefficient (Wildman–Crippen LogP) is 2.84. The molecule has 0 spiro atoms. The van der Waals surface area contributed by atoms with Crippen LogP contribution < -0.4 is 0 Å². The molecule has 1 rings (SSSR count). The second kappa shape index (κ2) is 4.11. The average Bonchev–Trinajstić information content (AvgIpc) is 2.47. The molecule has 1 heterocycles. The Kier molecular flexibility index (Phi) is 3.29. The van der Waals surface area contributed by atoms with Gasteiger partial charge in [-0.15, -0.1) is 0 Å². The van der Waals surface area contributed by atoms with Crippen LogP contribution in [0.5, 0.6) is 0 Å². The van der Waals surface area contributed by atoms with E-state index in [4.69, 9.17) is 0 Å². The molecule has 0 fully saturated rings. The smallest absolute Gasteiger partial charge is 0.153 e. The fourth-order valence-corrected chi connectivity index (χ4v) is 1.13. The summed E-state index contributed by atoms with van der Waals surface area (Å²) >= 11 is 0. The molecule has 0 aliphatic heterocycles. The first kappa shape index (κ1) is 11.2. The van der Waals surface area contributed by atoms with Crippen LogP contribution in [0.25, 0.3) is 0 Å². The predicted molar refractivity (Wildman–Crippen MR) is 58.2 cm³/mol. The van der Waals surface area contributed by atoms with Gasteiger partial charge in [0.15, 0.2) is 5.82 Å². The van der Waals surface area contributed by atoms with Gasteiger partial charge in [0.2, 0.25) is 0 Å². The number of hydrogen-bond donors (Lipinski definition) is 0. The molecular weight excluding hydrogens is 174 g/mol. The lowest BCUT2D eigenvalue weighted by Gasteiger charge is -2.17. The average molecular weight is 195 g/mol. The van der Waals surface area contributed by atoms with Crippen molar-refractivity contribution < 1.29 is 0 Å². The zero-order chi connectivity index (χ0) is 10.8. The molecule has 0 N–H and O–H groups in total. The van der Waals surface area contributed by atoms with E-state index in [1.807, 2.05) is 11.0 Å². The quantitative estimate of drug-likeness (QED) is 0.742. The third-order valence-corrected chi connectivity index (χ3v) is 2.16. The fourth-order valence-electron chi connectivity index (χ4n) is 1.13. The normalized spacial score (nSPS) is 12.4. The molecule has 0 radical (unpaired) electrons. The van der Waals surface area contributed by atoms with Crippen molar-refractivity contribution in [2.75, 3.05) is 0 Å². The molecule has 1 aromatic heterocycles. The lowest BCUT2D eigenvalue weighted by molar-refractivity contribution is 0.340. The number of nitrogens with zero attached hydrogens (tertiary/aromatic N) is 3. The van der Waals surface area contributed by atoms with E-state index in [0.29, 0.717) is 11.3 Å². The standard InChI is InChI=1S/C11H21N3/c1-9(2)10-12-8-14(13-10)7-6-11(3,4)5/h8-9H,6-7H2,1-5H3. The van der Waals surface area contributed by atoms with Gasteiger partial charge in [0.1, 0.15) is 6.33 Å². The lowest BCUT2D eigenvalue weighted by atomic mass is 9.92. The SMILES string of the molecule is CC(C)c1ncn(CCC(C)(C)C)n1. The number of rotatable bonds is 3. The van der Waals surface area contributed by atoms with Crippen molar-refractivity contribution in [2.45, 2.75) is 53.5 Å². The molecule has 0 unspecified atom stereocenters. The minimum atomic E-state index is 0.365. The zero-order valence-electron chi connectivity index (χ0n) is 9.91. The summed E-state index contributed by atoms with van der Waals surface area (Å²) in [6, 6.07) is 0. The summed E-state index contributed by atoms with van der Waals surface area (Å²) in [7, 11) is 0. The molecule has 0 bridgehead atoms. The molecule has 1 aromatic rings. The molecule has 0 aliphatic rings. The maximum absolute atomic E-state index is 4.42. The van der Waals surface area contributed by atoms with Gasteiger partial charge in [0.05, 0.1) is 0 Å². The first-order valence-corrected chi connectivity index (χ1v) is 5.28. The van der Waals surface area contributed by atoms with Crippen LogP contribution in [-0.4, -0.2) is 14.8 Å². The van der Waals surface area contributed by atoms with E-state index in [0.717, 1.165) is 18.8 Å². The molecule has 14 heavy (non-hydrogen) atoms. The topological polar surface area (TPSA) is 30.7 Å². The molecule has 3 heteroatoms. The van der Waals surface area contributed by atoms with Crippen LogP contribution in [0.3, 0.4) is 0 Å². The molecule has 80 valence electrons. The molecule has 0 saturated heterocycles. The highest BCUT2D eigenvalue weighted by molar-refractivity contribution is 4.88. The highest BCUT2D eigenvalue weighted by Crippen LogP contribution is 2.19. The van der Waals surface area contributed by atoms with Gasteiger partial charge in [-0.1, -0.05) is 34.6 Å². The van der Waals surface area contributed by atoms with E-state index in [-0.39, 0.29) is 0 Å². The van der Waals surface area contributed by atoms with Crippen molar-refractivity contribution in [3.05, 3.63) is 12.2 Å². The van der Waals surface area contributed by atoms with Crippen LogP contribution in [0.15, 0.2) is 6.33 Å². The van der Waals surface area contributed by atoms with Crippen molar-refractivity contribution >= 4 is 0 Å². The van der Waals surface area contributed by atoms with Gasteiger partial charge < -0.3 is 0 Å². The minimum Gasteiger partial charge on any atom is -0.253 e. The number of hydrogen-bond acceptors (Lipinski definition) is 2. The van der Waals surface area contributed by atoms with E-state index in [2.05, 4.69) is 44.7 Å². The summed E-state index contributed by atoms with van der Waals surface area (Å²) in [5.74, 6) is 1.37. The molecule has 0 saturated carbocycles. The highest BCUT2D eigenvalue weighted by Gasteiger charge is 2.11. The minimum absolute atomic E-state index is 0.365. The number of aryl methyl sites for hydroxylation is 1.